The molecule has 1 rings (SSSR count). The van der Waals surface area contributed by atoms with Gasteiger partial charge in [0.25, 0.3) is 0 Å². The number of aliphatic imine (C=N–C) groups is 1. The first-order valence-electron chi connectivity index (χ1n) is 3.28. The molecule has 0 saturated heterocycles. The van der Waals surface area contributed by atoms with Crippen molar-refractivity contribution in [1.29, 1.82) is 0 Å². The molecule has 0 radical (unpaired) electrons. The summed E-state index contributed by atoms with van der Waals surface area (Å²) in [5, 5.41) is 1.78. The first kappa shape index (κ1) is 10.4. The van der Waals surface area contributed by atoms with E-state index in [1.54, 1.807) is 13.2 Å². The van der Waals surface area contributed by atoms with Gasteiger partial charge in [-0.05, 0) is 15.9 Å². The lowest BCUT2D eigenvalue weighted by Gasteiger charge is -2.10. The van der Waals surface area contributed by atoms with Crippen LogP contribution >= 0.6 is 27.3 Å². The van der Waals surface area contributed by atoms with Gasteiger partial charge in [-0.3, -0.25) is 11.3 Å². The summed E-state index contributed by atoms with van der Waals surface area (Å²) in [6.45, 7) is 0. The van der Waals surface area contributed by atoms with Crippen LogP contribution in [0.15, 0.2) is 15.0 Å². The predicted molar refractivity (Wildman–Crippen MR) is 56.2 cm³/mol. The molecule has 0 unspecified atom stereocenters. The maximum absolute atomic E-state index is 5.48. The zero-order valence-corrected chi connectivity index (χ0v) is 9.26. The van der Waals surface area contributed by atoms with Gasteiger partial charge in [0.15, 0.2) is 0 Å². The molecule has 1 heterocycles. The fourth-order valence-electron chi connectivity index (χ4n) is 0.606. The van der Waals surface area contributed by atoms with Gasteiger partial charge < -0.3 is 5.73 Å². The number of hydrogen-bond acceptors (Lipinski definition) is 5. The second kappa shape index (κ2) is 4.51. The molecule has 0 aliphatic heterocycles. The van der Waals surface area contributed by atoms with E-state index in [0.717, 1.165) is 3.79 Å². The van der Waals surface area contributed by atoms with E-state index in [-0.39, 0.29) is 5.96 Å². The van der Waals surface area contributed by atoms with Gasteiger partial charge in [-0.15, -0.1) is 0 Å². The molecule has 72 valence electrons. The standard InChI is InChI=1S/C5H9BrN6S/c1-12(8)11-4(7)10-5-9-2-3(6)13-5/h2H,8H2,1H3,(H3,7,9,10,11). The molecular formula is C5H9BrN6S. The van der Waals surface area contributed by atoms with Gasteiger partial charge in [-0.2, -0.15) is 10.1 Å². The fourth-order valence-corrected chi connectivity index (χ4v) is 1.67. The van der Waals surface area contributed by atoms with E-state index >= 15 is 0 Å². The molecule has 0 spiro atoms. The molecule has 1 aromatic heterocycles. The van der Waals surface area contributed by atoms with Gasteiger partial charge in [0.2, 0.25) is 11.1 Å². The van der Waals surface area contributed by atoms with Crippen molar-refractivity contribution in [2.45, 2.75) is 0 Å². The lowest BCUT2D eigenvalue weighted by molar-refractivity contribution is 0.303. The lowest BCUT2D eigenvalue weighted by Crippen LogP contribution is -2.47. The van der Waals surface area contributed by atoms with Crippen LogP contribution in [-0.4, -0.2) is 23.1 Å². The summed E-state index contributed by atoms with van der Waals surface area (Å²) in [4.78, 5) is 7.93. The summed E-state index contributed by atoms with van der Waals surface area (Å²) in [5.41, 5.74) is 8.08. The molecule has 8 heteroatoms. The highest BCUT2D eigenvalue weighted by Crippen LogP contribution is 2.25. The topological polar surface area (TPSA) is 92.6 Å². The van der Waals surface area contributed by atoms with Crippen molar-refractivity contribution in [3.8, 4) is 0 Å². The molecule has 0 aliphatic carbocycles. The lowest BCUT2D eigenvalue weighted by atomic mass is 10.9. The number of aromatic nitrogens is 1. The van der Waals surface area contributed by atoms with Crippen LogP contribution in [0.5, 0.6) is 0 Å². The van der Waals surface area contributed by atoms with Crippen LogP contribution < -0.4 is 17.0 Å². The zero-order valence-electron chi connectivity index (χ0n) is 6.86. The molecule has 0 aromatic carbocycles. The molecule has 0 bridgehead atoms. The van der Waals surface area contributed by atoms with Crippen molar-refractivity contribution in [3.05, 3.63) is 9.98 Å². The number of halogens is 1. The van der Waals surface area contributed by atoms with Crippen LogP contribution in [0.1, 0.15) is 0 Å². The van der Waals surface area contributed by atoms with E-state index in [0.29, 0.717) is 5.13 Å². The molecule has 1 aromatic rings. The predicted octanol–water partition coefficient (Wildman–Crippen LogP) is 0.162. The average Bonchev–Trinajstić information content (AvgIpc) is 2.33. The number of rotatable bonds is 2. The van der Waals surface area contributed by atoms with Crippen LogP contribution in [0.4, 0.5) is 5.13 Å². The summed E-state index contributed by atoms with van der Waals surface area (Å²) in [5.74, 6) is 5.49. The van der Waals surface area contributed by atoms with E-state index in [1.807, 2.05) is 0 Å². The Morgan fingerprint density at radius 2 is 2.54 bits per heavy atom. The first-order chi connectivity index (χ1) is 6.08. The van der Waals surface area contributed by atoms with Crippen molar-refractivity contribution in [3.63, 3.8) is 0 Å². The molecule has 0 amide bonds. The number of nitrogens with zero attached hydrogens (tertiary/aromatic N) is 3. The molecular weight excluding hydrogens is 256 g/mol. The SMILES string of the molecule is CN(N)N/C(N)=N\c1ncc(Br)s1. The quantitative estimate of drug-likeness (QED) is 0.306. The largest absolute Gasteiger partial charge is 0.368 e. The number of nitrogens with two attached hydrogens (primary N) is 2. The third-order valence-electron chi connectivity index (χ3n) is 0.972. The number of thiazole rings is 1. The Balaban J connectivity index is 2.65. The third kappa shape index (κ3) is 3.68. The van der Waals surface area contributed by atoms with E-state index in [4.69, 9.17) is 11.6 Å². The van der Waals surface area contributed by atoms with E-state index in [2.05, 4.69) is 31.3 Å². The van der Waals surface area contributed by atoms with Gasteiger partial charge in [-0.1, -0.05) is 11.3 Å². The Morgan fingerprint density at radius 3 is 3.00 bits per heavy atom. The molecule has 0 atom stereocenters. The van der Waals surface area contributed by atoms with Crippen LogP contribution in [-0.2, 0) is 0 Å². The number of hydrazine groups is 2. The minimum atomic E-state index is 0.201. The Morgan fingerprint density at radius 1 is 1.85 bits per heavy atom. The van der Waals surface area contributed by atoms with Crippen LogP contribution in [0.25, 0.3) is 0 Å². The third-order valence-corrected chi connectivity index (χ3v) is 2.34. The normalized spacial score (nSPS) is 12.2. The van der Waals surface area contributed by atoms with E-state index in [9.17, 15) is 0 Å². The second-order valence-corrected chi connectivity index (χ2v) is 4.56. The summed E-state index contributed by atoms with van der Waals surface area (Å²) in [7, 11) is 1.61. The second-order valence-electron chi connectivity index (χ2n) is 2.17. The van der Waals surface area contributed by atoms with Crippen molar-refractivity contribution in [1.82, 2.24) is 15.5 Å². The highest BCUT2D eigenvalue weighted by atomic mass is 79.9. The molecule has 0 aliphatic rings. The van der Waals surface area contributed by atoms with Crippen molar-refractivity contribution in [2.75, 3.05) is 7.05 Å². The van der Waals surface area contributed by atoms with Crippen LogP contribution in [0.2, 0.25) is 0 Å². The highest BCUT2D eigenvalue weighted by Gasteiger charge is 1.98. The minimum Gasteiger partial charge on any atom is -0.368 e. The van der Waals surface area contributed by atoms with Crippen LogP contribution in [0.3, 0.4) is 0 Å². The zero-order chi connectivity index (χ0) is 9.84. The molecule has 0 fully saturated rings. The Hall–Kier alpha value is -0.700. The highest BCUT2D eigenvalue weighted by molar-refractivity contribution is 9.11. The Kier molecular flexibility index (Phi) is 3.60. The van der Waals surface area contributed by atoms with Crippen molar-refractivity contribution in [2.24, 2.45) is 16.6 Å². The maximum Gasteiger partial charge on any atom is 0.213 e. The summed E-state index contributed by atoms with van der Waals surface area (Å²) >= 11 is 4.65. The van der Waals surface area contributed by atoms with Crippen molar-refractivity contribution < 1.29 is 0 Å². The Labute approximate surface area is 87.7 Å². The van der Waals surface area contributed by atoms with Crippen molar-refractivity contribution >= 4 is 38.4 Å². The van der Waals surface area contributed by atoms with Gasteiger partial charge >= 0.3 is 0 Å². The average molecular weight is 265 g/mol. The number of guanidine groups is 1. The number of nitrogens with one attached hydrogen (secondary N) is 1. The van der Waals surface area contributed by atoms with Gasteiger partial charge in [-0.25, -0.2) is 4.98 Å². The summed E-state index contributed by atoms with van der Waals surface area (Å²) < 4.78 is 0.903. The van der Waals surface area contributed by atoms with Gasteiger partial charge in [0.05, 0.1) is 9.98 Å². The molecule has 6 nitrogen and oxygen atoms in total. The van der Waals surface area contributed by atoms with E-state index in [1.165, 1.54) is 16.5 Å². The fraction of sp³-hybridized carbons (Fsp3) is 0.200. The first-order valence-corrected chi connectivity index (χ1v) is 4.89. The minimum absolute atomic E-state index is 0.201. The number of hydrogen-bond donors (Lipinski definition) is 3. The van der Waals surface area contributed by atoms with Gasteiger partial charge in [0.1, 0.15) is 0 Å². The van der Waals surface area contributed by atoms with Crippen LogP contribution in [0, 0.1) is 0 Å². The smallest absolute Gasteiger partial charge is 0.213 e. The Bertz CT molecular complexity index is 308. The molecule has 5 N–H and O–H groups in total. The maximum atomic E-state index is 5.48. The van der Waals surface area contributed by atoms with E-state index < -0.39 is 0 Å². The van der Waals surface area contributed by atoms with Gasteiger partial charge in [0, 0.05) is 7.05 Å². The monoisotopic (exact) mass is 264 g/mol. The summed E-state index contributed by atoms with van der Waals surface area (Å²) in [6, 6.07) is 0. The molecule has 0 saturated carbocycles. The summed E-state index contributed by atoms with van der Waals surface area (Å²) in [6.07, 6.45) is 1.66. The molecule has 13 heavy (non-hydrogen) atoms.